The van der Waals surface area contributed by atoms with Crippen LogP contribution in [0.4, 0.5) is 5.69 Å². The molecule has 0 aliphatic carbocycles. The van der Waals surface area contributed by atoms with E-state index in [4.69, 9.17) is 5.73 Å². The molecular formula is C14H19N5O. The molecule has 20 heavy (non-hydrogen) atoms. The van der Waals surface area contributed by atoms with Crippen LogP contribution in [0.2, 0.25) is 0 Å². The number of H-pyrrole nitrogens is 1. The number of aromatic nitrogens is 3. The minimum atomic E-state index is -0.623. The van der Waals surface area contributed by atoms with Gasteiger partial charge in [0, 0.05) is 12.1 Å². The van der Waals surface area contributed by atoms with E-state index in [1.165, 1.54) is 0 Å². The molecule has 0 spiro atoms. The van der Waals surface area contributed by atoms with Crippen molar-refractivity contribution in [2.24, 2.45) is 11.1 Å². The van der Waals surface area contributed by atoms with E-state index < -0.39 is 5.41 Å². The summed E-state index contributed by atoms with van der Waals surface area (Å²) in [5.41, 5.74) is 6.45. The van der Waals surface area contributed by atoms with Gasteiger partial charge in [-0.05, 0) is 32.9 Å². The highest BCUT2D eigenvalue weighted by molar-refractivity contribution is 5.98. The van der Waals surface area contributed by atoms with Crippen molar-refractivity contribution in [3.05, 3.63) is 30.1 Å². The van der Waals surface area contributed by atoms with Gasteiger partial charge in [-0.3, -0.25) is 9.89 Å². The third kappa shape index (κ3) is 2.85. The van der Waals surface area contributed by atoms with Crippen molar-refractivity contribution in [1.29, 1.82) is 0 Å². The number of carbonyl (C=O) groups is 1. The van der Waals surface area contributed by atoms with E-state index in [9.17, 15) is 4.79 Å². The number of anilines is 1. The summed E-state index contributed by atoms with van der Waals surface area (Å²) in [6.45, 7) is 5.72. The van der Waals surface area contributed by atoms with Gasteiger partial charge in [0.15, 0.2) is 5.82 Å². The van der Waals surface area contributed by atoms with E-state index >= 15 is 0 Å². The predicted molar refractivity (Wildman–Crippen MR) is 78.0 cm³/mol. The van der Waals surface area contributed by atoms with Gasteiger partial charge in [0.25, 0.3) is 0 Å². The Labute approximate surface area is 117 Å². The lowest BCUT2D eigenvalue weighted by Crippen LogP contribution is -2.37. The van der Waals surface area contributed by atoms with Gasteiger partial charge in [0.1, 0.15) is 5.82 Å². The first-order valence-electron chi connectivity index (χ1n) is 6.44. The zero-order valence-corrected chi connectivity index (χ0v) is 11.9. The number of rotatable bonds is 4. The van der Waals surface area contributed by atoms with Crippen LogP contribution in [0.25, 0.3) is 11.4 Å². The summed E-state index contributed by atoms with van der Waals surface area (Å²) in [7, 11) is 0. The molecule has 2 rings (SSSR count). The predicted octanol–water partition coefficient (Wildman–Crippen LogP) is 1.70. The number of aromatic amines is 1. The van der Waals surface area contributed by atoms with Gasteiger partial charge < -0.3 is 11.1 Å². The molecule has 1 aromatic carbocycles. The Hall–Kier alpha value is -2.21. The highest BCUT2D eigenvalue weighted by Crippen LogP contribution is 2.26. The summed E-state index contributed by atoms with van der Waals surface area (Å²) in [6.07, 6.45) is 0. The van der Waals surface area contributed by atoms with Crippen LogP contribution < -0.4 is 11.1 Å². The molecule has 0 saturated carbocycles. The first-order valence-corrected chi connectivity index (χ1v) is 6.44. The van der Waals surface area contributed by atoms with E-state index in [0.29, 0.717) is 11.5 Å². The average molecular weight is 273 g/mol. The number of carbonyl (C=O) groups excluding carboxylic acids is 1. The highest BCUT2D eigenvalue weighted by atomic mass is 16.2. The number of hydrogen-bond acceptors (Lipinski definition) is 4. The molecule has 6 nitrogen and oxygen atoms in total. The van der Waals surface area contributed by atoms with E-state index in [2.05, 4.69) is 20.5 Å². The van der Waals surface area contributed by atoms with Gasteiger partial charge in [-0.2, -0.15) is 5.10 Å². The number of hydrogen-bond donors (Lipinski definition) is 3. The summed E-state index contributed by atoms with van der Waals surface area (Å²) in [5, 5.41) is 9.82. The van der Waals surface area contributed by atoms with E-state index in [-0.39, 0.29) is 12.5 Å². The largest absolute Gasteiger partial charge is 0.329 e. The van der Waals surface area contributed by atoms with Crippen LogP contribution in [-0.4, -0.2) is 27.6 Å². The van der Waals surface area contributed by atoms with Crippen LogP contribution in [0.15, 0.2) is 24.3 Å². The van der Waals surface area contributed by atoms with Crippen molar-refractivity contribution in [2.75, 3.05) is 11.9 Å². The zero-order chi connectivity index (χ0) is 14.8. The molecular weight excluding hydrogens is 254 g/mol. The summed E-state index contributed by atoms with van der Waals surface area (Å²) in [6, 6.07) is 7.43. The van der Waals surface area contributed by atoms with Crippen molar-refractivity contribution in [1.82, 2.24) is 15.2 Å². The lowest BCUT2D eigenvalue weighted by Gasteiger charge is -2.22. The van der Waals surface area contributed by atoms with Gasteiger partial charge in [-0.1, -0.05) is 12.1 Å². The normalized spacial score (nSPS) is 11.4. The standard InChI is InChI=1S/C14H19N5O/c1-9-16-12(19-18-9)10-6-4-5-7-11(10)17-13(20)14(2,3)8-15/h4-7H,8,15H2,1-3H3,(H,17,20)(H,16,18,19). The molecule has 1 aromatic heterocycles. The number of nitrogens with two attached hydrogens (primary N) is 1. The Balaban J connectivity index is 2.32. The fourth-order valence-corrected chi connectivity index (χ4v) is 1.63. The van der Waals surface area contributed by atoms with Crippen LogP contribution in [0, 0.1) is 12.3 Å². The summed E-state index contributed by atoms with van der Waals surface area (Å²) in [4.78, 5) is 16.5. The first kappa shape index (κ1) is 14.2. The van der Waals surface area contributed by atoms with Crippen LogP contribution >= 0.6 is 0 Å². The van der Waals surface area contributed by atoms with Crippen molar-refractivity contribution in [3.8, 4) is 11.4 Å². The molecule has 0 atom stereocenters. The van der Waals surface area contributed by atoms with Crippen molar-refractivity contribution in [3.63, 3.8) is 0 Å². The van der Waals surface area contributed by atoms with Gasteiger partial charge in [0.05, 0.1) is 11.1 Å². The average Bonchev–Trinajstić information content (AvgIpc) is 2.85. The minimum absolute atomic E-state index is 0.125. The van der Waals surface area contributed by atoms with Crippen LogP contribution in [-0.2, 0) is 4.79 Å². The number of nitrogens with zero attached hydrogens (tertiary/aromatic N) is 2. The third-order valence-corrected chi connectivity index (χ3v) is 3.14. The molecule has 0 aliphatic heterocycles. The van der Waals surface area contributed by atoms with Crippen molar-refractivity contribution < 1.29 is 4.79 Å². The second kappa shape index (κ2) is 5.42. The molecule has 0 saturated heterocycles. The van der Waals surface area contributed by atoms with Crippen molar-refractivity contribution in [2.45, 2.75) is 20.8 Å². The van der Waals surface area contributed by atoms with Gasteiger partial charge in [-0.15, -0.1) is 0 Å². The molecule has 1 amide bonds. The fraction of sp³-hybridized carbons (Fsp3) is 0.357. The van der Waals surface area contributed by atoms with Crippen LogP contribution in [0.3, 0.4) is 0 Å². The molecule has 6 heteroatoms. The molecule has 1 heterocycles. The topological polar surface area (TPSA) is 96.7 Å². The maximum Gasteiger partial charge on any atom is 0.231 e. The Kier molecular flexibility index (Phi) is 3.85. The van der Waals surface area contributed by atoms with E-state index in [1.54, 1.807) is 0 Å². The van der Waals surface area contributed by atoms with Gasteiger partial charge in [-0.25, -0.2) is 4.98 Å². The second-order valence-corrected chi connectivity index (χ2v) is 5.33. The first-order chi connectivity index (χ1) is 9.44. The van der Waals surface area contributed by atoms with Gasteiger partial charge >= 0.3 is 0 Å². The van der Waals surface area contributed by atoms with Gasteiger partial charge in [0.2, 0.25) is 5.91 Å². The summed E-state index contributed by atoms with van der Waals surface area (Å²) < 4.78 is 0. The fourth-order valence-electron chi connectivity index (χ4n) is 1.63. The Morgan fingerprint density at radius 3 is 2.70 bits per heavy atom. The van der Waals surface area contributed by atoms with E-state index in [0.717, 1.165) is 11.4 Å². The zero-order valence-electron chi connectivity index (χ0n) is 11.9. The number of amides is 1. The van der Waals surface area contributed by atoms with Crippen LogP contribution in [0.5, 0.6) is 0 Å². The molecule has 0 radical (unpaired) electrons. The highest BCUT2D eigenvalue weighted by Gasteiger charge is 2.26. The summed E-state index contributed by atoms with van der Waals surface area (Å²) >= 11 is 0. The lowest BCUT2D eigenvalue weighted by molar-refractivity contribution is -0.123. The Morgan fingerprint density at radius 1 is 1.40 bits per heavy atom. The number of para-hydroxylation sites is 1. The Bertz CT molecular complexity index is 618. The maximum absolute atomic E-state index is 12.2. The SMILES string of the molecule is Cc1nc(-c2ccccc2NC(=O)C(C)(C)CN)n[nH]1. The molecule has 4 N–H and O–H groups in total. The summed E-state index contributed by atoms with van der Waals surface area (Å²) in [5.74, 6) is 1.16. The smallest absolute Gasteiger partial charge is 0.231 e. The van der Waals surface area contributed by atoms with Crippen LogP contribution in [0.1, 0.15) is 19.7 Å². The lowest BCUT2D eigenvalue weighted by atomic mass is 9.92. The minimum Gasteiger partial charge on any atom is -0.329 e. The number of benzene rings is 1. The molecule has 106 valence electrons. The maximum atomic E-state index is 12.2. The molecule has 0 unspecified atom stereocenters. The quantitative estimate of drug-likeness (QED) is 0.790. The number of nitrogens with one attached hydrogen (secondary N) is 2. The third-order valence-electron chi connectivity index (χ3n) is 3.14. The molecule has 2 aromatic rings. The number of aryl methyl sites for hydroxylation is 1. The van der Waals surface area contributed by atoms with E-state index in [1.807, 2.05) is 45.0 Å². The molecule has 0 fully saturated rings. The second-order valence-electron chi connectivity index (χ2n) is 5.33. The van der Waals surface area contributed by atoms with Crippen molar-refractivity contribution >= 4 is 11.6 Å². The monoisotopic (exact) mass is 273 g/mol. The Morgan fingerprint density at radius 2 is 2.10 bits per heavy atom. The molecule has 0 bridgehead atoms. The molecule has 0 aliphatic rings.